The number of amides is 2. The lowest BCUT2D eigenvalue weighted by atomic mass is 9.85. The van der Waals surface area contributed by atoms with Crippen LogP contribution in [0.25, 0.3) is 0 Å². The minimum atomic E-state index is -0.489. The molecule has 0 bridgehead atoms. The number of hydrogen-bond donors (Lipinski definition) is 1. The zero-order valence-electron chi connectivity index (χ0n) is 15.8. The van der Waals surface area contributed by atoms with Crippen molar-refractivity contribution < 1.29 is 9.59 Å². The normalized spacial score (nSPS) is 23.0. The van der Waals surface area contributed by atoms with Gasteiger partial charge in [-0.1, -0.05) is 18.2 Å². The number of nitrogens with one attached hydrogen (secondary N) is 1. The van der Waals surface area contributed by atoms with Crippen molar-refractivity contribution in [3.63, 3.8) is 0 Å². The average Bonchev–Trinajstić information content (AvgIpc) is 3.17. The molecule has 7 heteroatoms. The summed E-state index contributed by atoms with van der Waals surface area (Å²) in [7, 11) is 1.91. The SMILES string of the molecule is Cc1ccccc1C(=O)N1NC(=O)CC12CCCN(Cc1cnn(C)c1)C2. The molecule has 0 saturated carbocycles. The van der Waals surface area contributed by atoms with Crippen molar-refractivity contribution >= 4 is 11.8 Å². The number of carbonyl (C=O) groups is 2. The van der Waals surface area contributed by atoms with Gasteiger partial charge in [0.1, 0.15) is 0 Å². The van der Waals surface area contributed by atoms with Crippen molar-refractivity contribution in [3.8, 4) is 0 Å². The fraction of sp³-hybridized carbons (Fsp3) is 0.450. The van der Waals surface area contributed by atoms with E-state index in [1.165, 1.54) is 0 Å². The van der Waals surface area contributed by atoms with Crippen LogP contribution in [0.15, 0.2) is 36.7 Å². The molecule has 1 aromatic heterocycles. The van der Waals surface area contributed by atoms with Gasteiger partial charge in [-0.25, -0.2) is 5.01 Å². The molecule has 1 unspecified atom stereocenters. The molecular weight excluding hydrogens is 342 g/mol. The van der Waals surface area contributed by atoms with E-state index in [1.807, 2.05) is 50.6 Å². The molecule has 0 radical (unpaired) electrons. The first-order chi connectivity index (χ1) is 13.0. The van der Waals surface area contributed by atoms with E-state index in [-0.39, 0.29) is 11.8 Å². The smallest absolute Gasteiger partial charge is 0.273 e. The molecule has 2 aromatic rings. The number of nitrogens with zero attached hydrogens (tertiary/aromatic N) is 4. The van der Waals surface area contributed by atoms with Crippen LogP contribution in [-0.4, -0.2) is 50.1 Å². The van der Waals surface area contributed by atoms with E-state index in [2.05, 4.69) is 15.4 Å². The lowest BCUT2D eigenvalue weighted by molar-refractivity contribution is -0.120. The Hall–Kier alpha value is -2.67. The Labute approximate surface area is 158 Å². The molecule has 142 valence electrons. The van der Waals surface area contributed by atoms with Crippen LogP contribution in [0.4, 0.5) is 0 Å². The highest BCUT2D eigenvalue weighted by Crippen LogP contribution is 2.35. The Bertz CT molecular complexity index is 877. The molecule has 1 N–H and O–H groups in total. The molecule has 2 aliphatic rings. The molecule has 4 rings (SSSR count). The average molecular weight is 367 g/mol. The summed E-state index contributed by atoms with van der Waals surface area (Å²) < 4.78 is 1.80. The number of aromatic nitrogens is 2. The van der Waals surface area contributed by atoms with E-state index >= 15 is 0 Å². The van der Waals surface area contributed by atoms with Gasteiger partial charge in [0.15, 0.2) is 0 Å². The van der Waals surface area contributed by atoms with E-state index in [0.717, 1.165) is 37.1 Å². The predicted octanol–water partition coefficient (Wildman–Crippen LogP) is 1.64. The summed E-state index contributed by atoms with van der Waals surface area (Å²) in [4.78, 5) is 27.8. The molecule has 3 heterocycles. The Morgan fingerprint density at radius 1 is 1.33 bits per heavy atom. The van der Waals surface area contributed by atoms with Crippen LogP contribution in [0.3, 0.4) is 0 Å². The Balaban J connectivity index is 1.58. The van der Waals surface area contributed by atoms with Gasteiger partial charge in [-0.3, -0.25) is 24.6 Å². The first-order valence-corrected chi connectivity index (χ1v) is 9.36. The van der Waals surface area contributed by atoms with Gasteiger partial charge in [0, 0.05) is 37.5 Å². The summed E-state index contributed by atoms with van der Waals surface area (Å²) in [5.74, 6) is -0.206. The molecule has 27 heavy (non-hydrogen) atoms. The number of carbonyl (C=O) groups excluding carboxylic acids is 2. The summed E-state index contributed by atoms with van der Waals surface area (Å²) in [6, 6.07) is 7.53. The van der Waals surface area contributed by atoms with E-state index in [9.17, 15) is 9.59 Å². The highest BCUT2D eigenvalue weighted by atomic mass is 16.2. The zero-order valence-corrected chi connectivity index (χ0v) is 15.8. The summed E-state index contributed by atoms with van der Waals surface area (Å²) in [6.45, 7) is 4.33. The summed E-state index contributed by atoms with van der Waals surface area (Å²) in [5.41, 5.74) is 5.04. The lowest BCUT2D eigenvalue weighted by Crippen LogP contribution is -2.59. The molecule has 2 amide bonds. The summed E-state index contributed by atoms with van der Waals surface area (Å²) in [6.07, 6.45) is 6.01. The van der Waals surface area contributed by atoms with E-state index in [4.69, 9.17) is 0 Å². The third-order valence-corrected chi connectivity index (χ3v) is 5.58. The highest BCUT2D eigenvalue weighted by molar-refractivity contribution is 5.99. The van der Waals surface area contributed by atoms with Crippen molar-refractivity contribution in [2.75, 3.05) is 13.1 Å². The second-order valence-corrected chi connectivity index (χ2v) is 7.73. The molecule has 1 atom stereocenters. The van der Waals surface area contributed by atoms with Gasteiger partial charge in [0.05, 0.1) is 18.2 Å². The number of benzene rings is 1. The van der Waals surface area contributed by atoms with Crippen LogP contribution in [0, 0.1) is 6.92 Å². The van der Waals surface area contributed by atoms with Gasteiger partial charge in [-0.15, -0.1) is 0 Å². The summed E-state index contributed by atoms with van der Waals surface area (Å²) >= 11 is 0. The summed E-state index contributed by atoms with van der Waals surface area (Å²) in [5, 5.41) is 5.84. The number of hydrazine groups is 1. The number of rotatable bonds is 3. The fourth-order valence-corrected chi connectivity index (χ4v) is 4.34. The van der Waals surface area contributed by atoms with Crippen LogP contribution in [0.2, 0.25) is 0 Å². The van der Waals surface area contributed by atoms with Crippen molar-refractivity contribution in [1.29, 1.82) is 0 Å². The zero-order chi connectivity index (χ0) is 19.0. The Morgan fingerprint density at radius 2 is 2.15 bits per heavy atom. The molecule has 2 aliphatic heterocycles. The topological polar surface area (TPSA) is 70.5 Å². The first-order valence-electron chi connectivity index (χ1n) is 9.36. The van der Waals surface area contributed by atoms with Gasteiger partial charge in [-0.2, -0.15) is 5.10 Å². The molecule has 7 nitrogen and oxygen atoms in total. The van der Waals surface area contributed by atoms with Crippen molar-refractivity contribution in [1.82, 2.24) is 25.1 Å². The fourth-order valence-electron chi connectivity index (χ4n) is 4.34. The third-order valence-electron chi connectivity index (χ3n) is 5.58. The molecule has 0 aliphatic carbocycles. The largest absolute Gasteiger partial charge is 0.297 e. The Morgan fingerprint density at radius 3 is 2.89 bits per heavy atom. The van der Waals surface area contributed by atoms with Crippen LogP contribution in [-0.2, 0) is 18.4 Å². The van der Waals surface area contributed by atoms with Crippen molar-refractivity contribution in [3.05, 3.63) is 53.3 Å². The number of likely N-dealkylation sites (tertiary alicyclic amines) is 1. The molecular formula is C20H25N5O2. The van der Waals surface area contributed by atoms with Crippen LogP contribution >= 0.6 is 0 Å². The predicted molar refractivity (Wildman–Crippen MR) is 101 cm³/mol. The number of aryl methyl sites for hydroxylation is 2. The van der Waals surface area contributed by atoms with E-state index in [0.29, 0.717) is 18.5 Å². The lowest BCUT2D eigenvalue weighted by Gasteiger charge is -2.44. The number of piperidine rings is 1. The van der Waals surface area contributed by atoms with E-state index < -0.39 is 5.54 Å². The maximum Gasteiger partial charge on any atom is 0.273 e. The van der Waals surface area contributed by atoms with Crippen molar-refractivity contribution in [2.24, 2.45) is 7.05 Å². The van der Waals surface area contributed by atoms with Crippen LogP contribution in [0.5, 0.6) is 0 Å². The minimum absolute atomic E-state index is 0.0832. The van der Waals surface area contributed by atoms with Gasteiger partial charge < -0.3 is 0 Å². The van der Waals surface area contributed by atoms with Gasteiger partial charge in [0.2, 0.25) is 5.91 Å². The molecule has 2 saturated heterocycles. The third kappa shape index (κ3) is 3.35. The maximum absolute atomic E-state index is 13.2. The quantitative estimate of drug-likeness (QED) is 0.895. The molecule has 1 aromatic carbocycles. The van der Waals surface area contributed by atoms with E-state index in [1.54, 1.807) is 9.69 Å². The minimum Gasteiger partial charge on any atom is -0.297 e. The number of hydrogen-bond acceptors (Lipinski definition) is 4. The Kier molecular flexibility index (Phi) is 4.47. The van der Waals surface area contributed by atoms with Gasteiger partial charge >= 0.3 is 0 Å². The second kappa shape index (κ2) is 6.81. The standard InChI is InChI=1S/C20H25N5O2/c1-15-6-3-4-7-17(15)19(27)25-20(10-18(26)22-25)8-5-9-24(14-20)13-16-11-21-23(2)12-16/h3-4,6-7,11-12H,5,8-10,13-14H2,1-2H3,(H,22,26). The van der Waals surface area contributed by atoms with Gasteiger partial charge in [-0.05, 0) is 37.9 Å². The molecule has 2 fully saturated rings. The highest BCUT2D eigenvalue weighted by Gasteiger charge is 2.50. The molecule has 1 spiro atoms. The van der Waals surface area contributed by atoms with Crippen LogP contribution in [0.1, 0.15) is 40.7 Å². The maximum atomic E-state index is 13.2. The van der Waals surface area contributed by atoms with Crippen LogP contribution < -0.4 is 5.43 Å². The van der Waals surface area contributed by atoms with Gasteiger partial charge in [0.25, 0.3) is 5.91 Å². The first kappa shape index (κ1) is 17.7. The monoisotopic (exact) mass is 367 g/mol. The second-order valence-electron chi connectivity index (χ2n) is 7.73. The van der Waals surface area contributed by atoms with Crippen molar-refractivity contribution in [2.45, 2.75) is 38.3 Å².